The number of aliphatic hydroxyl groups is 1. The van der Waals surface area contributed by atoms with Gasteiger partial charge in [0, 0.05) is 30.8 Å². The Labute approximate surface area is 169 Å². The van der Waals surface area contributed by atoms with E-state index >= 15 is 0 Å². The van der Waals surface area contributed by atoms with Crippen LogP contribution in [0.1, 0.15) is 48.1 Å². The highest BCUT2D eigenvalue weighted by Gasteiger charge is 2.39. The van der Waals surface area contributed by atoms with Gasteiger partial charge in [-0.15, -0.1) is 0 Å². The molecule has 3 aliphatic rings. The van der Waals surface area contributed by atoms with Crippen molar-refractivity contribution in [1.29, 1.82) is 0 Å². The van der Waals surface area contributed by atoms with Crippen molar-refractivity contribution in [3.63, 3.8) is 0 Å². The van der Waals surface area contributed by atoms with Gasteiger partial charge in [-0.2, -0.15) is 4.98 Å². The van der Waals surface area contributed by atoms with Gasteiger partial charge in [0.15, 0.2) is 0 Å². The third-order valence-corrected chi connectivity index (χ3v) is 7.62. The molecule has 2 N–H and O–H groups in total. The molecule has 0 bridgehead atoms. The SMILES string of the molecule is O=[S@]1CCc2nc(N3Cc4ccc(C(F)F)cc4C3)nc(NC3(CO)CCC3)c21. The minimum Gasteiger partial charge on any atom is -0.394 e. The van der Waals surface area contributed by atoms with Crippen LogP contribution in [-0.2, 0) is 30.3 Å². The van der Waals surface area contributed by atoms with E-state index < -0.39 is 22.8 Å². The molecule has 1 aromatic heterocycles. The number of nitrogens with zero attached hydrogens (tertiary/aromatic N) is 3. The molecule has 9 heteroatoms. The molecule has 1 aliphatic carbocycles. The predicted molar refractivity (Wildman–Crippen MR) is 106 cm³/mol. The van der Waals surface area contributed by atoms with Crippen molar-refractivity contribution >= 4 is 22.6 Å². The fraction of sp³-hybridized carbons (Fsp3) is 0.500. The summed E-state index contributed by atoms with van der Waals surface area (Å²) in [6.45, 7) is 1.01. The molecule has 29 heavy (non-hydrogen) atoms. The number of nitrogens with one attached hydrogen (secondary N) is 1. The van der Waals surface area contributed by atoms with Gasteiger partial charge in [-0.05, 0) is 36.5 Å². The zero-order valence-corrected chi connectivity index (χ0v) is 16.6. The van der Waals surface area contributed by atoms with Crippen molar-refractivity contribution in [3.8, 4) is 0 Å². The molecule has 0 amide bonds. The van der Waals surface area contributed by atoms with Crippen molar-refractivity contribution in [1.82, 2.24) is 9.97 Å². The van der Waals surface area contributed by atoms with Gasteiger partial charge in [0.05, 0.1) is 28.6 Å². The van der Waals surface area contributed by atoms with Gasteiger partial charge in [0.2, 0.25) is 5.95 Å². The molecule has 1 atom stereocenters. The first-order valence-corrected chi connectivity index (χ1v) is 11.1. The summed E-state index contributed by atoms with van der Waals surface area (Å²) in [6.07, 6.45) is 0.846. The number of anilines is 2. The number of aliphatic hydroxyl groups excluding tert-OH is 1. The van der Waals surface area contributed by atoms with Crippen LogP contribution in [0.5, 0.6) is 0 Å². The average Bonchev–Trinajstić information content (AvgIpc) is 3.27. The van der Waals surface area contributed by atoms with Gasteiger partial charge in [0.25, 0.3) is 6.43 Å². The lowest BCUT2D eigenvalue weighted by molar-refractivity contribution is 0.143. The van der Waals surface area contributed by atoms with E-state index in [0.29, 0.717) is 41.9 Å². The van der Waals surface area contributed by atoms with Crippen molar-refractivity contribution in [3.05, 3.63) is 40.6 Å². The van der Waals surface area contributed by atoms with Crippen LogP contribution in [0.2, 0.25) is 0 Å². The zero-order chi connectivity index (χ0) is 20.2. The normalized spacial score (nSPS) is 21.8. The molecule has 5 rings (SSSR count). The third-order valence-electron chi connectivity index (χ3n) is 6.16. The number of aromatic nitrogens is 2. The first-order chi connectivity index (χ1) is 14.0. The van der Waals surface area contributed by atoms with Crippen LogP contribution in [-0.4, -0.2) is 37.2 Å². The Kier molecular flexibility index (Phi) is 4.54. The van der Waals surface area contributed by atoms with E-state index in [1.807, 2.05) is 4.90 Å². The summed E-state index contributed by atoms with van der Waals surface area (Å²) in [5.74, 6) is 1.57. The minimum absolute atomic E-state index is 0.000689. The van der Waals surface area contributed by atoms with Gasteiger partial charge in [0.1, 0.15) is 10.7 Å². The Hall–Kier alpha value is -2.13. The van der Waals surface area contributed by atoms with Crippen molar-refractivity contribution in [2.45, 2.75) is 55.6 Å². The standard InChI is InChI=1S/C20H22F2N4O2S/c21-17(22)12-2-3-13-9-26(10-14(13)8-12)19-23-15-4-7-29(28)16(15)18(24-19)25-20(11-27)5-1-6-20/h2-3,8,17,27H,1,4-7,9-11H2,(H,23,24,25)/t29-/m0/s1. The molecule has 6 nitrogen and oxygen atoms in total. The monoisotopic (exact) mass is 420 g/mol. The molecular formula is C20H22F2N4O2S. The maximum Gasteiger partial charge on any atom is 0.263 e. The van der Waals surface area contributed by atoms with E-state index in [4.69, 9.17) is 0 Å². The molecule has 1 fully saturated rings. The second-order valence-corrected chi connectivity index (χ2v) is 9.56. The highest BCUT2D eigenvalue weighted by atomic mass is 32.2. The molecule has 154 valence electrons. The second kappa shape index (κ2) is 6.98. The number of hydrogen-bond donors (Lipinski definition) is 2. The van der Waals surface area contributed by atoms with Gasteiger partial charge in [-0.3, -0.25) is 4.21 Å². The summed E-state index contributed by atoms with van der Waals surface area (Å²) in [4.78, 5) is 11.9. The fourth-order valence-electron chi connectivity index (χ4n) is 4.28. The molecule has 3 heterocycles. The van der Waals surface area contributed by atoms with Crippen LogP contribution in [0.15, 0.2) is 23.1 Å². The highest BCUT2D eigenvalue weighted by Crippen LogP contribution is 2.39. The van der Waals surface area contributed by atoms with Crippen LogP contribution in [0.3, 0.4) is 0 Å². The number of halogens is 2. The highest BCUT2D eigenvalue weighted by molar-refractivity contribution is 7.85. The van der Waals surface area contributed by atoms with E-state index in [2.05, 4.69) is 15.3 Å². The van der Waals surface area contributed by atoms with E-state index in [1.54, 1.807) is 12.1 Å². The summed E-state index contributed by atoms with van der Waals surface area (Å²) in [5.41, 5.74) is 2.23. The van der Waals surface area contributed by atoms with Crippen LogP contribution < -0.4 is 10.2 Å². The van der Waals surface area contributed by atoms with E-state index in [-0.39, 0.29) is 12.2 Å². The maximum atomic E-state index is 13.0. The third kappa shape index (κ3) is 3.20. The lowest BCUT2D eigenvalue weighted by Crippen LogP contribution is -2.48. The van der Waals surface area contributed by atoms with Gasteiger partial charge >= 0.3 is 0 Å². The van der Waals surface area contributed by atoms with Gasteiger partial charge in [-0.25, -0.2) is 13.8 Å². The second-order valence-electron chi connectivity index (χ2n) is 8.05. The Bertz CT molecular complexity index is 991. The maximum absolute atomic E-state index is 13.0. The Morgan fingerprint density at radius 3 is 2.72 bits per heavy atom. The van der Waals surface area contributed by atoms with E-state index in [1.165, 1.54) is 6.07 Å². The first-order valence-electron chi connectivity index (χ1n) is 9.81. The van der Waals surface area contributed by atoms with E-state index in [0.717, 1.165) is 36.1 Å². The molecule has 0 radical (unpaired) electrons. The van der Waals surface area contributed by atoms with Crippen molar-refractivity contribution in [2.75, 3.05) is 22.6 Å². The molecule has 2 aliphatic heterocycles. The topological polar surface area (TPSA) is 78.4 Å². The van der Waals surface area contributed by atoms with Crippen LogP contribution >= 0.6 is 0 Å². The summed E-state index contributed by atoms with van der Waals surface area (Å²) in [7, 11) is -1.15. The minimum atomic E-state index is -2.49. The average molecular weight is 420 g/mol. The van der Waals surface area contributed by atoms with Crippen molar-refractivity contribution < 1.29 is 18.1 Å². The number of alkyl halides is 2. The largest absolute Gasteiger partial charge is 0.394 e. The number of benzene rings is 1. The summed E-state index contributed by atoms with van der Waals surface area (Å²) in [5, 5.41) is 13.2. The van der Waals surface area contributed by atoms with E-state index in [9.17, 15) is 18.1 Å². The summed E-state index contributed by atoms with van der Waals surface area (Å²) >= 11 is 0. The van der Waals surface area contributed by atoms with Crippen LogP contribution in [0.4, 0.5) is 20.5 Å². The quantitative estimate of drug-likeness (QED) is 0.775. The number of rotatable bonds is 5. The smallest absolute Gasteiger partial charge is 0.263 e. The molecule has 1 aromatic carbocycles. The molecule has 2 aromatic rings. The predicted octanol–water partition coefficient (Wildman–Crippen LogP) is 2.93. The van der Waals surface area contributed by atoms with Crippen molar-refractivity contribution in [2.24, 2.45) is 0 Å². The molecule has 0 unspecified atom stereocenters. The van der Waals surface area contributed by atoms with Gasteiger partial charge < -0.3 is 15.3 Å². The number of hydrogen-bond acceptors (Lipinski definition) is 6. The molecule has 1 saturated carbocycles. The zero-order valence-electron chi connectivity index (χ0n) is 15.8. The van der Waals surface area contributed by atoms with Crippen LogP contribution in [0, 0.1) is 0 Å². The Morgan fingerprint density at radius 1 is 1.24 bits per heavy atom. The summed E-state index contributed by atoms with van der Waals surface area (Å²) in [6, 6.07) is 4.76. The fourth-order valence-corrected chi connectivity index (χ4v) is 5.58. The molecule has 0 spiro atoms. The number of aryl methyl sites for hydroxylation is 1. The van der Waals surface area contributed by atoms with Crippen LogP contribution in [0.25, 0.3) is 0 Å². The first kappa shape index (κ1) is 18.9. The summed E-state index contributed by atoms with van der Waals surface area (Å²) < 4.78 is 38.6. The Morgan fingerprint density at radius 2 is 2.03 bits per heavy atom. The van der Waals surface area contributed by atoms with Gasteiger partial charge in [-0.1, -0.05) is 12.1 Å². The molecular weight excluding hydrogens is 398 g/mol. The lowest BCUT2D eigenvalue weighted by Gasteiger charge is -2.41. The Balaban J connectivity index is 1.48. The lowest BCUT2D eigenvalue weighted by atomic mass is 9.77. The molecule has 0 saturated heterocycles. The number of fused-ring (bicyclic) bond motifs is 2.